The van der Waals surface area contributed by atoms with Crippen molar-refractivity contribution in [1.82, 2.24) is 4.90 Å². The van der Waals surface area contributed by atoms with Crippen LogP contribution in [0.25, 0.3) is 0 Å². The van der Waals surface area contributed by atoms with Gasteiger partial charge in [0.2, 0.25) is 0 Å². The highest BCUT2D eigenvalue weighted by molar-refractivity contribution is 5.81. The van der Waals surface area contributed by atoms with Crippen LogP contribution in [-0.2, 0) is 14.3 Å². The van der Waals surface area contributed by atoms with E-state index < -0.39 is 18.1 Å². The average molecular weight is 421 g/mol. The van der Waals surface area contributed by atoms with Gasteiger partial charge in [-0.25, -0.2) is 4.79 Å². The van der Waals surface area contributed by atoms with E-state index in [1.54, 1.807) is 19.2 Å². The first kappa shape index (κ1) is 22.2. The van der Waals surface area contributed by atoms with Crippen molar-refractivity contribution in [3.8, 4) is 11.8 Å². The molecule has 0 radical (unpaired) electrons. The number of carbonyl (C=O) groups excluding carboxylic acids is 2. The van der Waals surface area contributed by atoms with Gasteiger partial charge in [-0.15, -0.1) is 0 Å². The number of rotatable bonds is 8. The second kappa shape index (κ2) is 10.5. The summed E-state index contributed by atoms with van der Waals surface area (Å²) in [5.74, 6) is -0.499. The minimum atomic E-state index is -0.798. The van der Waals surface area contributed by atoms with Crippen molar-refractivity contribution >= 4 is 23.3 Å². The number of nitrogens with zero attached hydrogens (tertiary/aromatic N) is 2. The van der Waals surface area contributed by atoms with Crippen molar-refractivity contribution in [2.75, 3.05) is 25.6 Å². The Bertz CT molecular complexity index is 916. The number of likely N-dealkylation sites (N-methyl/N-ethyl adjacent to an activating group) is 1. The summed E-state index contributed by atoms with van der Waals surface area (Å²) in [6, 6.07) is 19.2. The Kier molecular flexibility index (Phi) is 7.50. The summed E-state index contributed by atoms with van der Waals surface area (Å²) in [4.78, 5) is 25.8. The van der Waals surface area contributed by atoms with E-state index in [0.29, 0.717) is 18.6 Å². The molecule has 0 saturated heterocycles. The summed E-state index contributed by atoms with van der Waals surface area (Å²) in [7, 11) is 1.60. The van der Waals surface area contributed by atoms with Crippen LogP contribution in [0.2, 0.25) is 0 Å². The number of ether oxygens (including phenoxy) is 2. The topological polar surface area (TPSA) is 91.7 Å². The molecule has 1 amide bonds. The van der Waals surface area contributed by atoms with Crippen molar-refractivity contribution in [3.05, 3.63) is 54.6 Å². The fourth-order valence-electron chi connectivity index (χ4n) is 3.64. The van der Waals surface area contributed by atoms with E-state index in [1.807, 2.05) is 42.5 Å². The Morgan fingerprint density at radius 1 is 1.00 bits per heavy atom. The third kappa shape index (κ3) is 5.98. The maximum absolute atomic E-state index is 12.4. The second-order valence-corrected chi connectivity index (χ2v) is 7.62. The predicted octanol–water partition coefficient (Wildman–Crippen LogP) is 4.04. The number of para-hydroxylation sites is 1. The first-order chi connectivity index (χ1) is 15.0. The molecular weight excluding hydrogens is 394 g/mol. The van der Waals surface area contributed by atoms with Crippen LogP contribution in [0, 0.1) is 11.3 Å². The van der Waals surface area contributed by atoms with E-state index in [0.717, 1.165) is 30.6 Å². The zero-order valence-electron chi connectivity index (χ0n) is 17.7. The maximum Gasteiger partial charge on any atom is 0.344 e. The number of nitrogens with one attached hydrogen (secondary N) is 1. The SMILES string of the molecule is CN(C(=O)COC(=O)COc1ccc(Nc2ccccc2)cc1)C1(C#N)CCCCC1. The minimum Gasteiger partial charge on any atom is -0.482 e. The van der Waals surface area contributed by atoms with Crippen LogP contribution in [0.15, 0.2) is 54.6 Å². The Morgan fingerprint density at radius 3 is 2.29 bits per heavy atom. The third-order valence-corrected chi connectivity index (χ3v) is 5.54. The summed E-state index contributed by atoms with van der Waals surface area (Å²) >= 11 is 0. The third-order valence-electron chi connectivity index (χ3n) is 5.54. The Balaban J connectivity index is 1.42. The number of nitriles is 1. The number of benzene rings is 2. The summed E-state index contributed by atoms with van der Waals surface area (Å²) in [6.07, 6.45) is 4.20. The molecule has 0 aliphatic heterocycles. The molecule has 0 bridgehead atoms. The van der Waals surface area contributed by atoms with Crippen molar-refractivity contribution in [2.45, 2.75) is 37.6 Å². The van der Waals surface area contributed by atoms with Crippen molar-refractivity contribution in [1.29, 1.82) is 5.26 Å². The van der Waals surface area contributed by atoms with Crippen molar-refractivity contribution in [3.63, 3.8) is 0 Å². The van der Waals surface area contributed by atoms with Gasteiger partial charge in [0.25, 0.3) is 5.91 Å². The lowest BCUT2D eigenvalue weighted by molar-refractivity contribution is -0.155. The number of hydrogen-bond acceptors (Lipinski definition) is 6. The quantitative estimate of drug-likeness (QED) is 0.647. The number of hydrogen-bond donors (Lipinski definition) is 1. The molecule has 1 fully saturated rings. The van der Waals surface area contributed by atoms with Crippen LogP contribution < -0.4 is 10.1 Å². The Morgan fingerprint density at radius 2 is 1.65 bits per heavy atom. The van der Waals surface area contributed by atoms with E-state index in [2.05, 4.69) is 11.4 Å². The zero-order valence-corrected chi connectivity index (χ0v) is 17.7. The van der Waals surface area contributed by atoms with Gasteiger partial charge in [0.05, 0.1) is 6.07 Å². The van der Waals surface area contributed by atoms with Gasteiger partial charge in [0.15, 0.2) is 13.2 Å². The van der Waals surface area contributed by atoms with E-state index in [9.17, 15) is 14.9 Å². The highest BCUT2D eigenvalue weighted by Crippen LogP contribution is 2.32. The molecule has 0 atom stereocenters. The highest BCUT2D eigenvalue weighted by atomic mass is 16.6. The first-order valence-electron chi connectivity index (χ1n) is 10.4. The van der Waals surface area contributed by atoms with Crippen LogP contribution in [-0.4, -0.2) is 42.6 Å². The van der Waals surface area contributed by atoms with Gasteiger partial charge in [-0.2, -0.15) is 5.26 Å². The zero-order chi connectivity index (χ0) is 22.1. The molecule has 0 aromatic heterocycles. The molecule has 7 nitrogen and oxygen atoms in total. The normalized spacial score (nSPS) is 14.7. The van der Waals surface area contributed by atoms with Gasteiger partial charge >= 0.3 is 5.97 Å². The van der Waals surface area contributed by atoms with Gasteiger partial charge in [-0.05, 0) is 49.2 Å². The van der Waals surface area contributed by atoms with E-state index in [-0.39, 0.29) is 12.5 Å². The van der Waals surface area contributed by atoms with Crippen LogP contribution in [0.4, 0.5) is 11.4 Å². The van der Waals surface area contributed by atoms with Gasteiger partial charge < -0.3 is 19.7 Å². The number of esters is 1. The lowest BCUT2D eigenvalue weighted by Gasteiger charge is -2.38. The molecule has 7 heteroatoms. The summed E-state index contributed by atoms with van der Waals surface area (Å²) in [6.45, 7) is -0.700. The molecule has 3 rings (SSSR count). The molecular formula is C24H27N3O4. The summed E-state index contributed by atoms with van der Waals surface area (Å²) < 4.78 is 10.5. The van der Waals surface area contributed by atoms with Gasteiger partial charge in [0.1, 0.15) is 11.3 Å². The number of anilines is 2. The number of carbonyl (C=O) groups is 2. The average Bonchev–Trinajstić information content (AvgIpc) is 2.82. The van der Waals surface area contributed by atoms with Gasteiger partial charge in [-0.1, -0.05) is 37.5 Å². The molecule has 1 saturated carbocycles. The van der Waals surface area contributed by atoms with Gasteiger partial charge in [0, 0.05) is 18.4 Å². The molecule has 2 aromatic rings. The van der Waals surface area contributed by atoms with Gasteiger partial charge in [-0.3, -0.25) is 4.79 Å². The number of amides is 1. The van der Waals surface area contributed by atoms with Crippen LogP contribution >= 0.6 is 0 Å². The lowest BCUT2D eigenvalue weighted by Crippen LogP contribution is -2.51. The summed E-state index contributed by atoms with van der Waals surface area (Å²) in [5.41, 5.74) is 1.07. The first-order valence-corrected chi connectivity index (χ1v) is 10.4. The predicted molar refractivity (Wildman–Crippen MR) is 117 cm³/mol. The minimum absolute atomic E-state index is 0.300. The fraction of sp³-hybridized carbons (Fsp3) is 0.375. The van der Waals surface area contributed by atoms with Crippen LogP contribution in [0.5, 0.6) is 5.75 Å². The molecule has 0 heterocycles. The van der Waals surface area contributed by atoms with E-state index in [1.165, 1.54) is 4.90 Å². The van der Waals surface area contributed by atoms with Crippen LogP contribution in [0.3, 0.4) is 0 Å². The molecule has 0 unspecified atom stereocenters. The monoisotopic (exact) mass is 421 g/mol. The summed E-state index contributed by atoms with van der Waals surface area (Å²) in [5, 5.41) is 12.8. The molecule has 1 aliphatic rings. The Labute approximate surface area is 182 Å². The second-order valence-electron chi connectivity index (χ2n) is 7.62. The molecule has 1 aliphatic carbocycles. The maximum atomic E-state index is 12.4. The lowest BCUT2D eigenvalue weighted by atomic mass is 9.81. The van der Waals surface area contributed by atoms with Crippen molar-refractivity contribution < 1.29 is 19.1 Å². The standard InChI is InChI=1S/C24H27N3O4/c1-27(24(18-25)14-6-3-7-15-24)22(28)16-31-23(29)17-30-21-12-10-20(11-13-21)26-19-8-4-2-5-9-19/h2,4-5,8-13,26H,3,6-7,14-17H2,1H3. The Hall–Kier alpha value is -3.53. The molecule has 0 spiro atoms. The smallest absolute Gasteiger partial charge is 0.344 e. The van der Waals surface area contributed by atoms with E-state index in [4.69, 9.17) is 9.47 Å². The van der Waals surface area contributed by atoms with Crippen LogP contribution in [0.1, 0.15) is 32.1 Å². The highest BCUT2D eigenvalue weighted by Gasteiger charge is 2.38. The molecule has 2 aromatic carbocycles. The molecule has 162 valence electrons. The largest absolute Gasteiger partial charge is 0.482 e. The molecule has 1 N–H and O–H groups in total. The fourth-order valence-corrected chi connectivity index (χ4v) is 3.64. The van der Waals surface area contributed by atoms with Crippen molar-refractivity contribution in [2.24, 2.45) is 0 Å². The molecule has 31 heavy (non-hydrogen) atoms. The van der Waals surface area contributed by atoms with E-state index >= 15 is 0 Å².